The van der Waals surface area contributed by atoms with Gasteiger partial charge in [0.25, 0.3) is 0 Å². The summed E-state index contributed by atoms with van der Waals surface area (Å²) < 4.78 is 12.8. The number of hydrogen-bond donors (Lipinski definition) is 2. The minimum atomic E-state index is -0.0168. The number of rotatable bonds is 2. The number of aliphatic hydroxyl groups excluding tert-OH is 1. The molecule has 108 valence electrons. The molecule has 3 heterocycles. The lowest BCUT2D eigenvalue weighted by Gasteiger charge is -2.18. The lowest BCUT2D eigenvalue weighted by Crippen LogP contribution is -2.15. The normalized spacial score (nSPS) is 14.0. The van der Waals surface area contributed by atoms with Crippen LogP contribution in [-0.4, -0.2) is 39.7 Å². The van der Waals surface area contributed by atoms with Crippen LogP contribution in [-0.2, 0) is 6.54 Å². The van der Waals surface area contributed by atoms with Crippen molar-refractivity contribution in [3.05, 3.63) is 18.2 Å². The minimum Gasteiger partial charge on any atom is -0.486 e. The highest BCUT2D eigenvalue weighted by atomic mass is 16.6. The van der Waals surface area contributed by atoms with Crippen LogP contribution in [0.5, 0.6) is 11.5 Å². The van der Waals surface area contributed by atoms with E-state index in [0.29, 0.717) is 37.0 Å². The molecule has 7 heteroatoms. The van der Waals surface area contributed by atoms with Gasteiger partial charge in [-0.1, -0.05) is 0 Å². The first-order valence-electron chi connectivity index (χ1n) is 6.73. The van der Waals surface area contributed by atoms with E-state index in [1.54, 1.807) is 4.68 Å². The van der Waals surface area contributed by atoms with Crippen molar-refractivity contribution in [2.75, 3.05) is 25.6 Å². The Bertz CT molecular complexity index is 843. The lowest BCUT2D eigenvalue weighted by atomic mass is 10.1. The third-order valence-corrected chi connectivity index (χ3v) is 3.52. The number of aromatic nitrogens is 3. The van der Waals surface area contributed by atoms with Gasteiger partial charge in [0, 0.05) is 11.5 Å². The zero-order valence-electron chi connectivity index (χ0n) is 11.2. The van der Waals surface area contributed by atoms with Crippen LogP contribution < -0.4 is 15.2 Å². The van der Waals surface area contributed by atoms with Crippen molar-refractivity contribution >= 4 is 27.8 Å². The second-order valence-corrected chi connectivity index (χ2v) is 4.88. The van der Waals surface area contributed by atoms with Crippen LogP contribution in [0.15, 0.2) is 18.2 Å². The standard InChI is InChI=1S/C14H14N4O3/c15-13-9-5-8-6-11-12(21-4-3-20-11)7-10(8)16-14(9)18(17-13)1-2-19/h5-7,19H,1-4H2,(H2,15,17). The quantitative estimate of drug-likeness (QED) is 0.727. The Morgan fingerprint density at radius 3 is 2.71 bits per heavy atom. The maximum atomic E-state index is 9.09. The molecule has 0 bridgehead atoms. The maximum absolute atomic E-state index is 9.09. The Hall–Kier alpha value is -2.54. The summed E-state index contributed by atoms with van der Waals surface area (Å²) in [5.74, 6) is 1.82. The molecule has 1 aromatic carbocycles. The fraction of sp³-hybridized carbons (Fsp3) is 0.286. The number of nitrogens with zero attached hydrogens (tertiary/aromatic N) is 3. The van der Waals surface area contributed by atoms with E-state index < -0.39 is 0 Å². The zero-order chi connectivity index (χ0) is 14.4. The van der Waals surface area contributed by atoms with E-state index in [1.165, 1.54) is 0 Å². The Kier molecular flexibility index (Phi) is 2.61. The van der Waals surface area contributed by atoms with E-state index in [2.05, 4.69) is 10.1 Å². The van der Waals surface area contributed by atoms with Crippen molar-refractivity contribution in [2.45, 2.75) is 6.54 Å². The SMILES string of the molecule is Nc1nn(CCO)c2nc3cc4c(cc3cc12)OCCO4. The molecule has 0 radical (unpaired) electrons. The van der Waals surface area contributed by atoms with Crippen LogP contribution in [0.4, 0.5) is 5.82 Å². The summed E-state index contributed by atoms with van der Waals surface area (Å²) in [6.07, 6.45) is 0. The summed E-state index contributed by atoms with van der Waals surface area (Å²) >= 11 is 0. The van der Waals surface area contributed by atoms with Crippen molar-refractivity contribution in [1.29, 1.82) is 0 Å². The van der Waals surface area contributed by atoms with E-state index in [0.717, 1.165) is 22.0 Å². The number of pyridine rings is 1. The molecule has 0 saturated carbocycles. The Morgan fingerprint density at radius 2 is 1.95 bits per heavy atom. The molecule has 1 aliphatic heterocycles. The molecule has 0 atom stereocenters. The van der Waals surface area contributed by atoms with Gasteiger partial charge in [0.2, 0.25) is 0 Å². The Balaban J connectivity index is 1.99. The van der Waals surface area contributed by atoms with Gasteiger partial charge in [-0.15, -0.1) is 0 Å². The molecule has 21 heavy (non-hydrogen) atoms. The molecular weight excluding hydrogens is 272 g/mol. The zero-order valence-corrected chi connectivity index (χ0v) is 11.2. The van der Waals surface area contributed by atoms with E-state index in [4.69, 9.17) is 20.3 Å². The number of nitrogen functional groups attached to an aromatic ring is 1. The van der Waals surface area contributed by atoms with Crippen LogP contribution in [0, 0.1) is 0 Å². The highest BCUT2D eigenvalue weighted by Crippen LogP contribution is 2.35. The number of aliphatic hydroxyl groups is 1. The summed E-state index contributed by atoms with van der Waals surface area (Å²) in [5.41, 5.74) is 7.37. The fourth-order valence-corrected chi connectivity index (χ4v) is 2.57. The van der Waals surface area contributed by atoms with Gasteiger partial charge >= 0.3 is 0 Å². The number of ether oxygens (including phenoxy) is 2. The van der Waals surface area contributed by atoms with Crippen molar-refractivity contribution in [2.24, 2.45) is 0 Å². The smallest absolute Gasteiger partial charge is 0.163 e. The summed E-state index contributed by atoms with van der Waals surface area (Å²) in [4.78, 5) is 4.60. The molecule has 0 fully saturated rings. The first-order chi connectivity index (χ1) is 10.3. The van der Waals surface area contributed by atoms with Gasteiger partial charge < -0.3 is 20.3 Å². The third-order valence-electron chi connectivity index (χ3n) is 3.52. The van der Waals surface area contributed by atoms with E-state index in [1.807, 2.05) is 18.2 Å². The number of fused-ring (bicyclic) bond motifs is 3. The molecule has 0 saturated heterocycles. The van der Waals surface area contributed by atoms with Crippen molar-refractivity contribution in [3.8, 4) is 11.5 Å². The van der Waals surface area contributed by atoms with Crippen LogP contribution >= 0.6 is 0 Å². The fourth-order valence-electron chi connectivity index (χ4n) is 2.57. The second kappa shape index (κ2) is 4.49. The molecular formula is C14H14N4O3. The molecule has 7 nitrogen and oxygen atoms in total. The highest BCUT2D eigenvalue weighted by Gasteiger charge is 2.16. The summed E-state index contributed by atoms with van der Waals surface area (Å²) in [6.45, 7) is 1.43. The Morgan fingerprint density at radius 1 is 1.19 bits per heavy atom. The topological polar surface area (TPSA) is 95.4 Å². The van der Waals surface area contributed by atoms with E-state index in [9.17, 15) is 0 Å². The summed E-state index contributed by atoms with van der Waals surface area (Å²) in [6, 6.07) is 5.70. The number of anilines is 1. The number of nitrogens with two attached hydrogens (primary N) is 1. The van der Waals surface area contributed by atoms with Gasteiger partial charge in [-0.2, -0.15) is 5.10 Å². The van der Waals surface area contributed by atoms with Crippen LogP contribution in [0.25, 0.3) is 21.9 Å². The second-order valence-electron chi connectivity index (χ2n) is 4.88. The molecule has 2 aromatic heterocycles. The van der Waals surface area contributed by atoms with Gasteiger partial charge in [0.15, 0.2) is 23.0 Å². The van der Waals surface area contributed by atoms with Crippen molar-refractivity contribution in [1.82, 2.24) is 14.8 Å². The van der Waals surface area contributed by atoms with E-state index in [-0.39, 0.29) is 6.61 Å². The van der Waals surface area contributed by atoms with Crippen LogP contribution in [0.2, 0.25) is 0 Å². The van der Waals surface area contributed by atoms with Gasteiger partial charge in [0.1, 0.15) is 13.2 Å². The number of hydrogen-bond acceptors (Lipinski definition) is 6. The molecule has 0 spiro atoms. The lowest BCUT2D eigenvalue weighted by molar-refractivity contribution is 0.172. The monoisotopic (exact) mass is 286 g/mol. The number of benzene rings is 1. The largest absolute Gasteiger partial charge is 0.486 e. The van der Waals surface area contributed by atoms with Crippen LogP contribution in [0.1, 0.15) is 0 Å². The summed E-state index contributed by atoms with van der Waals surface area (Å²) in [5, 5.41) is 15.0. The third kappa shape index (κ3) is 1.85. The highest BCUT2D eigenvalue weighted by molar-refractivity contribution is 5.97. The molecule has 0 amide bonds. The first kappa shape index (κ1) is 12.2. The maximum Gasteiger partial charge on any atom is 0.163 e. The van der Waals surface area contributed by atoms with Crippen molar-refractivity contribution < 1.29 is 14.6 Å². The first-order valence-corrected chi connectivity index (χ1v) is 6.73. The molecule has 0 aliphatic carbocycles. The predicted molar refractivity (Wildman–Crippen MR) is 77.5 cm³/mol. The average molecular weight is 286 g/mol. The van der Waals surface area contributed by atoms with Crippen LogP contribution in [0.3, 0.4) is 0 Å². The molecule has 1 aliphatic rings. The van der Waals surface area contributed by atoms with Gasteiger partial charge in [-0.25, -0.2) is 9.67 Å². The molecule has 0 unspecified atom stereocenters. The van der Waals surface area contributed by atoms with Crippen molar-refractivity contribution in [3.63, 3.8) is 0 Å². The predicted octanol–water partition coefficient (Wildman–Crippen LogP) is 0.930. The Labute approximate surface area is 119 Å². The average Bonchev–Trinajstić information content (AvgIpc) is 2.79. The van der Waals surface area contributed by atoms with Gasteiger partial charge in [-0.3, -0.25) is 0 Å². The van der Waals surface area contributed by atoms with E-state index >= 15 is 0 Å². The molecule has 4 rings (SSSR count). The molecule has 3 N–H and O–H groups in total. The van der Waals surface area contributed by atoms with Gasteiger partial charge in [-0.05, 0) is 12.1 Å². The van der Waals surface area contributed by atoms with Gasteiger partial charge in [0.05, 0.1) is 24.1 Å². The minimum absolute atomic E-state index is 0.0168. The molecule has 3 aromatic rings. The summed E-state index contributed by atoms with van der Waals surface area (Å²) in [7, 11) is 0.